The summed E-state index contributed by atoms with van der Waals surface area (Å²) in [5.41, 5.74) is -0.0873. The number of nitrogens with zero attached hydrogens (tertiary/aromatic N) is 2. The van der Waals surface area contributed by atoms with E-state index in [-0.39, 0.29) is 42.4 Å². The van der Waals surface area contributed by atoms with Gasteiger partial charge in [-0.1, -0.05) is 30.3 Å². The molecule has 7 nitrogen and oxygen atoms in total. The quantitative estimate of drug-likeness (QED) is 0.623. The molecule has 1 N–H and O–H groups in total. The van der Waals surface area contributed by atoms with Crippen molar-refractivity contribution < 1.29 is 27.9 Å². The summed E-state index contributed by atoms with van der Waals surface area (Å²) in [7, 11) is 0. The van der Waals surface area contributed by atoms with E-state index in [1.807, 2.05) is 0 Å². The summed E-state index contributed by atoms with van der Waals surface area (Å²) >= 11 is 0. The van der Waals surface area contributed by atoms with Gasteiger partial charge in [0.25, 0.3) is 5.91 Å². The molecule has 36 heavy (non-hydrogen) atoms. The number of carbonyl (C=O) groups is 3. The van der Waals surface area contributed by atoms with Gasteiger partial charge in [-0.2, -0.15) is 0 Å². The average Bonchev–Trinajstić information content (AvgIpc) is 3.48. The molecule has 5 rings (SSSR count). The predicted octanol–water partition coefficient (Wildman–Crippen LogP) is 3.07. The number of nitrogens with one attached hydrogen (secondary N) is 1. The normalized spacial score (nSPS) is 24.9. The molecule has 3 aliphatic heterocycles. The number of benzene rings is 2. The minimum atomic E-state index is -1.18. The van der Waals surface area contributed by atoms with Crippen LogP contribution in [0.4, 0.5) is 13.6 Å². The van der Waals surface area contributed by atoms with Crippen LogP contribution in [0.1, 0.15) is 30.4 Å². The van der Waals surface area contributed by atoms with Gasteiger partial charge in [0.1, 0.15) is 17.2 Å². The monoisotopic (exact) mass is 497 g/mol. The summed E-state index contributed by atoms with van der Waals surface area (Å²) in [5, 5.41) is 3.00. The topological polar surface area (TPSA) is 79.0 Å². The highest BCUT2D eigenvalue weighted by atomic mass is 19.1. The highest BCUT2D eigenvalue weighted by Gasteiger charge is 2.57. The van der Waals surface area contributed by atoms with Crippen molar-refractivity contribution in [1.29, 1.82) is 0 Å². The zero-order valence-electron chi connectivity index (χ0n) is 19.9. The average molecular weight is 498 g/mol. The molecule has 4 amide bonds. The molecule has 3 saturated heterocycles. The first-order chi connectivity index (χ1) is 17.4. The minimum Gasteiger partial charge on any atom is -0.379 e. The molecule has 0 radical (unpaired) electrons. The van der Waals surface area contributed by atoms with E-state index in [0.29, 0.717) is 51.1 Å². The second-order valence-corrected chi connectivity index (χ2v) is 9.82. The van der Waals surface area contributed by atoms with Gasteiger partial charge in [0.2, 0.25) is 5.91 Å². The van der Waals surface area contributed by atoms with E-state index in [1.165, 1.54) is 23.1 Å². The summed E-state index contributed by atoms with van der Waals surface area (Å²) in [6, 6.07) is 11.4. The van der Waals surface area contributed by atoms with Crippen molar-refractivity contribution in [2.75, 3.05) is 26.3 Å². The summed E-state index contributed by atoms with van der Waals surface area (Å²) in [4.78, 5) is 42.8. The molecule has 0 spiro atoms. The third kappa shape index (κ3) is 4.59. The Kier molecular flexibility index (Phi) is 6.75. The molecule has 0 aliphatic carbocycles. The lowest BCUT2D eigenvalue weighted by Crippen LogP contribution is -2.58. The number of hydrogen-bond acceptors (Lipinski definition) is 4. The molecule has 3 aliphatic rings. The Balaban J connectivity index is 1.35. The van der Waals surface area contributed by atoms with Crippen LogP contribution in [0.15, 0.2) is 48.5 Å². The number of rotatable bonds is 6. The van der Waals surface area contributed by atoms with Crippen LogP contribution in [0, 0.1) is 17.6 Å². The Bertz CT molecular complexity index is 1140. The Morgan fingerprint density at radius 2 is 1.75 bits per heavy atom. The maximum absolute atomic E-state index is 14.0. The number of carbonyl (C=O) groups excluding carboxylic acids is 3. The van der Waals surface area contributed by atoms with Crippen molar-refractivity contribution in [3.63, 3.8) is 0 Å². The Labute approximate surface area is 208 Å². The van der Waals surface area contributed by atoms with Gasteiger partial charge in [0, 0.05) is 26.1 Å². The van der Waals surface area contributed by atoms with Crippen molar-refractivity contribution in [3.05, 3.63) is 71.3 Å². The first-order valence-corrected chi connectivity index (χ1v) is 12.4. The molecular weight excluding hydrogens is 468 g/mol. The minimum absolute atomic E-state index is 0.0246. The Hall–Kier alpha value is -3.33. The standard InChI is InChI=1S/C27H29F2N3O4/c28-21-7-5-18(6-8-21)16-27(25(34)32(26(35)30-27)22-11-14-36-17-22)20-9-12-31(13-10-20)24(33)15-19-3-1-2-4-23(19)29/h1-8,20,22H,9-17H2,(H,30,35). The van der Waals surface area contributed by atoms with Crippen molar-refractivity contribution in [1.82, 2.24) is 15.1 Å². The molecule has 9 heteroatoms. The van der Waals surface area contributed by atoms with Crippen LogP contribution in [0.3, 0.4) is 0 Å². The second kappa shape index (κ2) is 9.97. The lowest BCUT2D eigenvalue weighted by atomic mass is 9.73. The van der Waals surface area contributed by atoms with Crippen LogP contribution in [0.25, 0.3) is 0 Å². The van der Waals surface area contributed by atoms with Crippen LogP contribution in [0.5, 0.6) is 0 Å². The number of urea groups is 1. The van der Waals surface area contributed by atoms with Crippen molar-refractivity contribution in [2.45, 2.75) is 43.7 Å². The molecule has 2 unspecified atom stereocenters. The second-order valence-electron chi connectivity index (χ2n) is 9.82. The fraction of sp³-hybridized carbons (Fsp3) is 0.444. The van der Waals surface area contributed by atoms with E-state index in [1.54, 1.807) is 35.2 Å². The molecule has 190 valence electrons. The smallest absolute Gasteiger partial charge is 0.325 e. The van der Waals surface area contributed by atoms with Crippen LogP contribution in [-0.4, -0.2) is 65.5 Å². The number of imide groups is 1. The molecule has 2 aromatic rings. The summed E-state index contributed by atoms with van der Waals surface area (Å²) < 4.78 is 33.0. The summed E-state index contributed by atoms with van der Waals surface area (Å²) in [5.74, 6) is -1.46. The molecule has 2 atom stereocenters. The van der Waals surface area contributed by atoms with Crippen LogP contribution < -0.4 is 5.32 Å². The van der Waals surface area contributed by atoms with E-state index >= 15 is 0 Å². The molecule has 3 fully saturated rings. The molecule has 3 heterocycles. The van der Waals surface area contributed by atoms with Gasteiger partial charge in [-0.05, 0) is 54.5 Å². The van der Waals surface area contributed by atoms with Gasteiger partial charge < -0.3 is 15.0 Å². The van der Waals surface area contributed by atoms with E-state index in [2.05, 4.69) is 5.32 Å². The van der Waals surface area contributed by atoms with Crippen LogP contribution >= 0.6 is 0 Å². The lowest BCUT2D eigenvalue weighted by Gasteiger charge is -2.41. The largest absolute Gasteiger partial charge is 0.379 e. The number of halogens is 2. The highest BCUT2D eigenvalue weighted by Crippen LogP contribution is 2.38. The number of likely N-dealkylation sites (tertiary alicyclic amines) is 1. The third-order valence-electron chi connectivity index (χ3n) is 7.66. The number of hydrogen-bond donors (Lipinski definition) is 1. The molecule has 0 saturated carbocycles. The van der Waals surface area contributed by atoms with E-state index in [9.17, 15) is 23.2 Å². The van der Waals surface area contributed by atoms with Crippen LogP contribution in [0.2, 0.25) is 0 Å². The summed E-state index contributed by atoms with van der Waals surface area (Å²) in [6.45, 7) is 1.61. The van der Waals surface area contributed by atoms with Gasteiger partial charge in [-0.3, -0.25) is 14.5 Å². The first-order valence-electron chi connectivity index (χ1n) is 12.4. The molecule has 0 bridgehead atoms. The van der Waals surface area contributed by atoms with Gasteiger partial charge in [0.05, 0.1) is 19.1 Å². The van der Waals surface area contributed by atoms with E-state index < -0.39 is 17.4 Å². The van der Waals surface area contributed by atoms with E-state index in [0.717, 1.165) is 5.56 Å². The fourth-order valence-corrected chi connectivity index (χ4v) is 5.67. The Morgan fingerprint density at radius 3 is 2.42 bits per heavy atom. The zero-order valence-corrected chi connectivity index (χ0v) is 19.9. The van der Waals surface area contributed by atoms with Crippen molar-refractivity contribution in [2.24, 2.45) is 5.92 Å². The van der Waals surface area contributed by atoms with Crippen LogP contribution in [-0.2, 0) is 27.2 Å². The number of amides is 4. The number of piperidine rings is 1. The highest BCUT2D eigenvalue weighted by molar-refractivity contribution is 6.07. The third-order valence-corrected chi connectivity index (χ3v) is 7.66. The maximum Gasteiger partial charge on any atom is 0.325 e. The van der Waals surface area contributed by atoms with Crippen molar-refractivity contribution >= 4 is 17.8 Å². The van der Waals surface area contributed by atoms with Gasteiger partial charge in [-0.15, -0.1) is 0 Å². The van der Waals surface area contributed by atoms with Gasteiger partial charge in [0.15, 0.2) is 0 Å². The lowest BCUT2D eigenvalue weighted by molar-refractivity contribution is -0.137. The number of ether oxygens (including phenoxy) is 1. The fourth-order valence-electron chi connectivity index (χ4n) is 5.67. The van der Waals surface area contributed by atoms with Gasteiger partial charge >= 0.3 is 6.03 Å². The van der Waals surface area contributed by atoms with E-state index in [4.69, 9.17) is 4.74 Å². The van der Waals surface area contributed by atoms with Crippen molar-refractivity contribution in [3.8, 4) is 0 Å². The molecular formula is C27H29F2N3O4. The predicted molar refractivity (Wildman–Crippen MR) is 127 cm³/mol. The zero-order chi connectivity index (χ0) is 25.3. The first kappa shape index (κ1) is 24.4. The SMILES string of the molecule is O=C(Cc1ccccc1F)N1CCC(C2(Cc3ccc(F)cc3)NC(=O)N(C3CCOC3)C2=O)CC1. The summed E-state index contributed by atoms with van der Waals surface area (Å²) in [6.07, 6.45) is 1.81. The Morgan fingerprint density at radius 1 is 1.03 bits per heavy atom. The molecule has 2 aromatic carbocycles. The molecule has 0 aromatic heterocycles. The maximum atomic E-state index is 14.0. The van der Waals surface area contributed by atoms with Gasteiger partial charge in [-0.25, -0.2) is 13.6 Å².